The highest BCUT2D eigenvalue weighted by Gasteiger charge is 2.46. The number of hydrogen-bond donors (Lipinski definition) is 0. The van der Waals surface area contributed by atoms with Crippen LogP contribution in [0.25, 0.3) is 0 Å². The smallest absolute Gasteiger partial charge is 0.415 e. The molecule has 0 spiro atoms. The fourth-order valence-electron chi connectivity index (χ4n) is 3.72. The van der Waals surface area contributed by atoms with Gasteiger partial charge in [0.25, 0.3) is 0 Å². The van der Waals surface area contributed by atoms with Crippen LogP contribution in [-0.4, -0.2) is 47.2 Å². The third kappa shape index (κ3) is 3.77. The highest BCUT2D eigenvalue weighted by molar-refractivity contribution is 5.91. The highest BCUT2D eigenvalue weighted by atomic mass is 16.7. The maximum absolute atomic E-state index is 12.5. The summed E-state index contributed by atoms with van der Waals surface area (Å²) in [6.45, 7) is 0.282. The van der Waals surface area contributed by atoms with Crippen LogP contribution in [0.4, 0.5) is 10.5 Å². The van der Waals surface area contributed by atoms with E-state index in [0.29, 0.717) is 11.3 Å². The van der Waals surface area contributed by atoms with Gasteiger partial charge in [-0.05, 0) is 24.6 Å². The van der Waals surface area contributed by atoms with E-state index in [9.17, 15) is 19.7 Å². The Morgan fingerprint density at radius 2 is 1.86 bits per heavy atom. The first-order chi connectivity index (χ1) is 14.0. The maximum atomic E-state index is 12.5. The standard InChI is InChI=1S/C20H19N3O6/c24-19(14-6-2-1-3-7-14)29-21-11-10-17(18(12-21)23(26)27)22-16-9-5-4-8-15(16)13-28-20(22)25/h1-9,17-18H,10-13H2. The number of hydrogen-bond acceptors (Lipinski definition) is 7. The van der Waals surface area contributed by atoms with E-state index < -0.39 is 29.1 Å². The molecule has 0 aliphatic carbocycles. The van der Waals surface area contributed by atoms with Gasteiger partial charge < -0.3 is 9.57 Å². The summed E-state index contributed by atoms with van der Waals surface area (Å²) in [4.78, 5) is 42.8. The van der Waals surface area contributed by atoms with E-state index in [4.69, 9.17) is 9.57 Å². The second-order valence-electron chi connectivity index (χ2n) is 6.89. The van der Waals surface area contributed by atoms with Crippen molar-refractivity contribution in [2.45, 2.75) is 25.1 Å². The average Bonchev–Trinajstić information content (AvgIpc) is 2.74. The van der Waals surface area contributed by atoms with Gasteiger partial charge in [-0.15, -0.1) is 5.06 Å². The van der Waals surface area contributed by atoms with Gasteiger partial charge in [-0.2, -0.15) is 0 Å². The van der Waals surface area contributed by atoms with Crippen LogP contribution < -0.4 is 4.90 Å². The maximum Gasteiger partial charge on any atom is 0.415 e. The summed E-state index contributed by atoms with van der Waals surface area (Å²) >= 11 is 0. The zero-order valence-corrected chi connectivity index (χ0v) is 15.5. The summed E-state index contributed by atoms with van der Waals surface area (Å²) in [5.74, 6) is -0.575. The van der Waals surface area contributed by atoms with Crippen molar-refractivity contribution in [2.75, 3.05) is 18.0 Å². The Balaban J connectivity index is 1.53. The molecule has 2 aromatic carbocycles. The van der Waals surface area contributed by atoms with Gasteiger partial charge in [0.15, 0.2) is 0 Å². The molecule has 2 aliphatic rings. The van der Waals surface area contributed by atoms with Gasteiger partial charge in [-0.1, -0.05) is 36.4 Å². The fourth-order valence-corrected chi connectivity index (χ4v) is 3.72. The quantitative estimate of drug-likeness (QED) is 0.577. The summed E-state index contributed by atoms with van der Waals surface area (Å²) in [5.41, 5.74) is 1.78. The van der Waals surface area contributed by atoms with Crippen LogP contribution >= 0.6 is 0 Å². The number of rotatable bonds is 4. The molecule has 0 aromatic heterocycles. The molecule has 150 valence electrons. The number of cyclic esters (lactones) is 1. The SMILES string of the molecule is O=C(ON1CCC(N2C(=O)OCc3ccccc32)C([N+](=O)[O-])C1)c1ccccc1. The van der Waals surface area contributed by atoms with Gasteiger partial charge in [0.05, 0.1) is 11.3 Å². The molecular weight excluding hydrogens is 378 g/mol. The molecule has 2 aromatic rings. The Morgan fingerprint density at radius 3 is 2.62 bits per heavy atom. The lowest BCUT2D eigenvalue weighted by molar-refractivity contribution is -0.532. The van der Waals surface area contributed by atoms with Crippen LogP contribution in [0.2, 0.25) is 0 Å². The van der Waals surface area contributed by atoms with Crippen molar-refractivity contribution >= 4 is 17.7 Å². The van der Waals surface area contributed by atoms with E-state index in [1.165, 1.54) is 9.96 Å². The molecule has 1 fully saturated rings. The molecule has 0 saturated carbocycles. The Morgan fingerprint density at radius 1 is 1.14 bits per heavy atom. The molecule has 1 saturated heterocycles. The van der Waals surface area contributed by atoms with Crippen molar-refractivity contribution < 1.29 is 24.1 Å². The Hall–Kier alpha value is -3.46. The predicted molar refractivity (Wildman–Crippen MR) is 102 cm³/mol. The topological polar surface area (TPSA) is 102 Å². The van der Waals surface area contributed by atoms with Gasteiger partial charge in [-0.3, -0.25) is 15.0 Å². The number of benzene rings is 2. The lowest BCUT2D eigenvalue weighted by atomic mass is 9.97. The van der Waals surface area contributed by atoms with Crippen LogP contribution in [-0.2, 0) is 16.2 Å². The minimum atomic E-state index is -1.13. The fraction of sp³-hybridized carbons (Fsp3) is 0.300. The first-order valence-corrected chi connectivity index (χ1v) is 9.24. The van der Waals surface area contributed by atoms with Crippen LogP contribution in [0, 0.1) is 10.1 Å². The molecule has 9 nitrogen and oxygen atoms in total. The first kappa shape index (κ1) is 18.9. The second kappa shape index (κ2) is 7.88. The summed E-state index contributed by atoms with van der Waals surface area (Å²) < 4.78 is 5.21. The van der Waals surface area contributed by atoms with Crippen LogP contribution in [0.3, 0.4) is 0 Å². The number of nitrogens with zero attached hydrogens (tertiary/aromatic N) is 3. The molecular formula is C20H19N3O6. The van der Waals surface area contributed by atoms with Crippen molar-refractivity contribution in [1.82, 2.24) is 5.06 Å². The summed E-state index contributed by atoms with van der Waals surface area (Å²) in [6, 6.07) is 13.8. The van der Waals surface area contributed by atoms with Gasteiger partial charge >= 0.3 is 12.1 Å². The van der Waals surface area contributed by atoms with E-state index >= 15 is 0 Å². The largest absolute Gasteiger partial charge is 0.444 e. The zero-order valence-electron chi connectivity index (χ0n) is 15.5. The first-order valence-electron chi connectivity index (χ1n) is 9.24. The van der Waals surface area contributed by atoms with Crippen LogP contribution in [0.5, 0.6) is 0 Å². The van der Waals surface area contributed by atoms with Crippen molar-refractivity contribution in [3.8, 4) is 0 Å². The molecule has 4 rings (SSSR count). The van der Waals surface area contributed by atoms with Crippen LogP contribution in [0.15, 0.2) is 54.6 Å². The molecule has 2 unspecified atom stereocenters. The molecule has 2 aliphatic heterocycles. The van der Waals surface area contributed by atoms with E-state index in [1.54, 1.807) is 42.5 Å². The van der Waals surface area contributed by atoms with Crippen molar-refractivity contribution in [3.05, 3.63) is 75.8 Å². The number of carbonyl (C=O) groups is 2. The molecule has 29 heavy (non-hydrogen) atoms. The van der Waals surface area contributed by atoms with E-state index in [-0.39, 0.29) is 26.1 Å². The van der Waals surface area contributed by atoms with E-state index in [1.807, 2.05) is 12.1 Å². The van der Waals surface area contributed by atoms with E-state index in [0.717, 1.165) is 5.56 Å². The molecule has 0 N–H and O–H groups in total. The normalized spacial score (nSPS) is 21.8. The third-order valence-corrected chi connectivity index (χ3v) is 5.13. The monoisotopic (exact) mass is 397 g/mol. The number of para-hydroxylation sites is 1. The Kier molecular flexibility index (Phi) is 5.13. The average molecular weight is 397 g/mol. The Labute approximate surface area is 166 Å². The Bertz CT molecular complexity index is 935. The van der Waals surface area contributed by atoms with Gasteiger partial charge in [0, 0.05) is 17.0 Å². The number of piperidine rings is 1. The molecule has 0 radical (unpaired) electrons. The summed E-state index contributed by atoms with van der Waals surface area (Å²) in [7, 11) is 0. The third-order valence-electron chi connectivity index (χ3n) is 5.13. The number of ether oxygens (including phenoxy) is 1. The number of hydroxylamine groups is 2. The number of fused-ring (bicyclic) bond motifs is 1. The van der Waals surface area contributed by atoms with Gasteiger partial charge in [0.1, 0.15) is 19.2 Å². The lowest BCUT2D eigenvalue weighted by Gasteiger charge is -2.40. The molecule has 1 amide bonds. The minimum absolute atomic E-state index is 0.123. The molecule has 2 atom stereocenters. The number of amides is 1. The number of carbonyl (C=O) groups excluding carboxylic acids is 2. The highest BCUT2D eigenvalue weighted by Crippen LogP contribution is 2.32. The van der Waals surface area contributed by atoms with E-state index in [2.05, 4.69) is 0 Å². The van der Waals surface area contributed by atoms with Crippen molar-refractivity contribution in [1.29, 1.82) is 0 Å². The molecule has 0 bridgehead atoms. The summed E-state index contributed by atoms with van der Waals surface area (Å²) in [6.07, 6.45) is -0.341. The van der Waals surface area contributed by atoms with Gasteiger partial charge in [-0.25, -0.2) is 9.59 Å². The number of anilines is 1. The number of nitro groups is 1. The predicted octanol–water partition coefficient (Wildman–Crippen LogP) is 2.63. The molecule has 2 heterocycles. The van der Waals surface area contributed by atoms with Crippen LogP contribution in [0.1, 0.15) is 22.3 Å². The van der Waals surface area contributed by atoms with Crippen molar-refractivity contribution in [3.63, 3.8) is 0 Å². The van der Waals surface area contributed by atoms with Crippen molar-refractivity contribution in [2.24, 2.45) is 0 Å². The summed E-state index contributed by atoms with van der Waals surface area (Å²) in [5, 5.41) is 13.1. The molecule has 9 heteroatoms. The zero-order chi connectivity index (χ0) is 20.4. The lowest BCUT2D eigenvalue weighted by Crippen LogP contribution is -2.59. The van der Waals surface area contributed by atoms with Gasteiger partial charge in [0.2, 0.25) is 6.04 Å². The minimum Gasteiger partial charge on any atom is -0.444 e. The second-order valence-corrected chi connectivity index (χ2v) is 6.89.